The molecule has 1 amide bonds. The Hall–Kier alpha value is -2.80. The number of aromatic nitrogens is 3. The zero-order valence-corrected chi connectivity index (χ0v) is 13.9. The highest BCUT2D eigenvalue weighted by molar-refractivity contribution is 7.99. The van der Waals surface area contributed by atoms with E-state index < -0.39 is 0 Å². The van der Waals surface area contributed by atoms with Gasteiger partial charge in [0.2, 0.25) is 5.91 Å². The maximum Gasteiger partial charge on any atom is 0.234 e. The molecule has 0 saturated carbocycles. The van der Waals surface area contributed by atoms with Crippen molar-refractivity contribution in [2.45, 2.75) is 5.16 Å². The Balaban J connectivity index is 1.66. The fourth-order valence-corrected chi connectivity index (χ4v) is 2.89. The molecule has 2 heterocycles. The zero-order valence-electron chi connectivity index (χ0n) is 13.0. The summed E-state index contributed by atoms with van der Waals surface area (Å²) in [6.45, 7) is 0. The van der Waals surface area contributed by atoms with Crippen LogP contribution in [-0.4, -0.2) is 33.3 Å². The van der Waals surface area contributed by atoms with Crippen molar-refractivity contribution in [2.24, 2.45) is 0 Å². The van der Waals surface area contributed by atoms with Gasteiger partial charge in [-0.2, -0.15) is 0 Å². The van der Waals surface area contributed by atoms with Gasteiger partial charge in [0.1, 0.15) is 5.75 Å². The lowest BCUT2D eigenvalue weighted by molar-refractivity contribution is -0.113. The first-order valence-electron chi connectivity index (χ1n) is 7.27. The summed E-state index contributed by atoms with van der Waals surface area (Å²) in [4.78, 5) is 20.3. The van der Waals surface area contributed by atoms with Crippen molar-refractivity contribution in [3.63, 3.8) is 0 Å². The Morgan fingerprint density at radius 1 is 1.29 bits per heavy atom. The number of ether oxygens (including phenoxy) is 1. The molecule has 0 unspecified atom stereocenters. The topological polar surface area (TPSA) is 69.0 Å². The number of thioether (sulfide) groups is 1. The van der Waals surface area contributed by atoms with E-state index in [1.54, 1.807) is 37.8 Å². The van der Waals surface area contributed by atoms with Crippen LogP contribution < -0.4 is 10.1 Å². The van der Waals surface area contributed by atoms with Gasteiger partial charge in [-0.25, -0.2) is 4.98 Å². The number of nitrogens with zero attached hydrogens (tertiary/aromatic N) is 3. The third kappa shape index (κ3) is 3.94. The van der Waals surface area contributed by atoms with E-state index in [4.69, 9.17) is 4.74 Å². The summed E-state index contributed by atoms with van der Waals surface area (Å²) in [7, 11) is 1.63. The third-order valence-corrected chi connectivity index (χ3v) is 4.18. The molecule has 3 aromatic rings. The van der Waals surface area contributed by atoms with E-state index in [9.17, 15) is 4.79 Å². The summed E-state index contributed by atoms with van der Waals surface area (Å²) in [6, 6.07) is 11.3. The molecular formula is C17H16N4O2S. The molecule has 0 aliphatic rings. The molecule has 3 rings (SSSR count). The maximum atomic E-state index is 12.0. The number of nitrogens with one attached hydrogen (secondary N) is 1. The Kier molecular flexibility index (Phi) is 5.12. The Labute approximate surface area is 143 Å². The first kappa shape index (κ1) is 16.1. The molecule has 1 aromatic carbocycles. The largest absolute Gasteiger partial charge is 0.497 e. The van der Waals surface area contributed by atoms with E-state index in [1.807, 2.05) is 35.0 Å². The van der Waals surface area contributed by atoms with Crippen LogP contribution in [0, 0.1) is 0 Å². The number of pyridine rings is 1. The van der Waals surface area contributed by atoms with Gasteiger partial charge in [0.25, 0.3) is 0 Å². The van der Waals surface area contributed by atoms with Crippen LogP contribution in [0.15, 0.2) is 66.3 Å². The number of benzene rings is 1. The number of hydrogen-bond donors (Lipinski definition) is 1. The van der Waals surface area contributed by atoms with Crippen LogP contribution in [0.4, 0.5) is 5.69 Å². The van der Waals surface area contributed by atoms with Gasteiger partial charge < -0.3 is 10.1 Å². The molecule has 0 bridgehead atoms. The van der Waals surface area contributed by atoms with Crippen molar-refractivity contribution in [2.75, 3.05) is 18.2 Å². The van der Waals surface area contributed by atoms with Gasteiger partial charge in [0, 0.05) is 24.7 Å². The fraction of sp³-hybridized carbons (Fsp3) is 0.118. The molecule has 0 aliphatic heterocycles. The van der Waals surface area contributed by atoms with E-state index in [1.165, 1.54) is 11.8 Å². The second kappa shape index (κ2) is 7.65. The average molecular weight is 340 g/mol. The molecule has 0 spiro atoms. The number of carbonyl (C=O) groups excluding carboxylic acids is 1. The van der Waals surface area contributed by atoms with Crippen LogP contribution in [-0.2, 0) is 4.79 Å². The van der Waals surface area contributed by atoms with Crippen molar-refractivity contribution in [1.82, 2.24) is 14.5 Å². The molecule has 0 saturated heterocycles. The van der Waals surface area contributed by atoms with Gasteiger partial charge in [-0.3, -0.25) is 14.3 Å². The molecule has 2 aromatic heterocycles. The Morgan fingerprint density at radius 2 is 2.21 bits per heavy atom. The maximum absolute atomic E-state index is 12.0. The van der Waals surface area contributed by atoms with Crippen LogP contribution in [0.2, 0.25) is 0 Å². The van der Waals surface area contributed by atoms with E-state index in [-0.39, 0.29) is 11.7 Å². The summed E-state index contributed by atoms with van der Waals surface area (Å²) in [5.74, 6) is 0.926. The molecule has 0 aliphatic carbocycles. The van der Waals surface area contributed by atoms with E-state index in [0.29, 0.717) is 5.69 Å². The normalized spacial score (nSPS) is 10.4. The number of amides is 1. The number of imidazole rings is 1. The minimum atomic E-state index is -0.104. The second-order valence-electron chi connectivity index (χ2n) is 4.86. The summed E-state index contributed by atoms with van der Waals surface area (Å²) in [6.07, 6.45) is 6.84. The molecule has 1 N–H and O–H groups in total. The van der Waals surface area contributed by atoms with Gasteiger partial charge in [0.05, 0.1) is 30.4 Å². The minimum absolute atomic E-state index is 0.104. The van der Waals surface area contributed by atoms with Crippen LogP contribution in [0.5, 0.6) is 5.75 Å². The number of methoxy groups -OCH3 is 1. The lowest BCUT2D eigenvalue weighted by atomic mass is 10.3. The molecule has 7 heteroatoms. The second-order valence-corrected chi connectivity index (χ2v) is 5.80. The van der Waals surface area contributed by atoms with Crippen molar-refractivity contribution >= 4 is 23.4 Å². The van der Waals surface area contributed by atoms with Gasteiger partial charge in [-0.15, -0.1) is 0 Å². The molecule has 122 valence electrons. The van der Waals surface area contributed by atoms with Crippen molar-refractivity contribution in [1.29, 1.82) is 0 Å². The van der Waals surface area contributed by atoms with E-state index >= 15 is 0 Å². The summed E-state index contributed by atoms with van der Waals surface area (Å²) in [5.41, 5.74) is 1.61. The Bertz CT molecular complexity index is 820. The SMILES string of the molecule is COc1cccc(-n2ccnc2SCC(=O)Nc2cccnc2)c1. The van der Waals surface area contributed by atoms with Crippen molar-refractivity contribution < 1.29 is 9.53 Å². The van der Waals surface area contributed by atoms with E-state index in [2.05, 4.69) is 15.3 Å². The monoisotopic (exact) mass is 340 g/mol. The molecule has 0 radical (unpaired) electrons. The Morgan fingerprint density at radius 3 is 3.00 bits per heavy atom. The first-order chi connectivity index (χ1) is 11.8. The third-order valence-electron chi connectivity index (χ3n) is 3.22. The van der Waals surface area contributed by atoms with E-state index in [0.717, 1.165) is 16.6 Å². The number of anilines is 1. The molecule has 24 heavy (non-hydrogen) atoms. The summed E-state index contributed by atoms with van der Waals surface area (Å²) in [5, 5.41) is 3.54. The number of carbonyl (C=O) groups is 1. The molecular weight excluding hydrogens is 324 g/mol. The van der Waals surface area contributed by atoms with Crippen LogP contribution in [0.1, 0.15) is 0 Å². The standard InChI is InChI=1S/C17H16N4O2S/c1-23-15-6-2-5-14(10-15)21-9-8-19-17(21)24-12-16(22)20-13-4-3-7-18-11-13/h2-11H,12H2,1H3,(H,20,22). The zero-order chi connectivity index (χ0) is 16.8. The smallest absolute Gasteiger partial charge is 0.234 e. The molecule has 6 nitrogen and oxygen atoms in total. The molecule has 0 fully saturated rings. The van der Waals surface area contributed by atoms with Crippen LogP contribution >= 0.6 is 11.8 Å². The minimum Gasteiger partial charge on any atom is -0.497 e. The van der Waals surface area contributed by atoms with Gasteiger partial charge in [-0.1, -0.05) is 17.8 Å². The van der Waals surface area contributed by atoms with Crippen LogP contribution in [0.25, 0.3) is 5.69 Å². The predicted octanol–water partition coefficient (Wildman–Crippen LogP) is 3.01. The lowest BCUT2D eigenvalue weighted by Crippen LogP contribution is -2.14. The molecule has 0 atom stereocenters. The number of hydrogen-bond acceptors (Lipinski definition) is 5. The highest BCUT2D eigenvalue weighted by atomic mass is 32.2. The van der Waals surface area contributed by atoms with Crippen LogP contribution in [0.3, 0.4) is 0 Å². The quantitative estimate of drug-likeness (QED) is 0.699. The highest BCUT2D eigenvalue weighted by Gasteiger charge is 2.10. The summed E-state index contributed by atoms with van der Waals surface area (Å²) >= 11 is 1.37. The van der Waals surface area contributed by atoms with Crippen molar-refractivity contribution in [3.8, 4) is 11.4 Å². The predicted molar refractivity (Wildman–Crippen MR) is 93.7 cm³/mol. The van der Waals surface area contributed by atoms with Crippen molar-refractivity contribution in [3.05, 3.63) is 61.2 Å². The number of rotatable bonds is 6. The van der Waals surface area contributed by atoms with Gasteiger partial charge in [-0.05, 0) is 24.3 Å². The van der Waals surface area contributed by atoms with Gasteiger partial charge >= 0.3 is 0 Å². The fourth-order valence-electron chi connectivity index (χ4n) is 2.12. The summed E-state index contributed by atoms with van der Waals surface area (Å²) < 4.78 is 7.17. The first-order valence-corrected chi connectivity index (χ1v) is 8.25. The average Bonchev–Trinajstić information content (AvgIpc) is 3.09. The van der Waals surface area contributed by atoms with Gasteiger partial charge in [0.15, 0.2) is 5.16 Å². The lowest BCUT2D eigenvalue weighted by Gasteiger charge is -2.09. The highest BCUT2D eigenvalue weighted by Crippen LogP contribution is 2.23.